The van der Waals surface area contributed by atoms with Gasteiger partial charge in [-0.1, -0.05) is 43.2 Å². The number of rotatable bonds is 2. The number of likely N-dealkylation sites (tertiary alicyclic amines) is 1. The Balaban J connectivity index is 1.89. The standard InChI is InChI=1S/C17H25N/c1-17(18-13-7-8-14-18)12-6-5-11-16(17)15-9-3-2-4-10-15/h2-4,9-10,16H,5-8,11-14H2,1H3/t16-,17-/m0/s1. The van der Waals surface area contributed by atoms with E-state index >= 15 is 0 Å². The van der Waals surface area contributed by atoms with Crippen molar-refractivity contribution in [2.45, 2.75) is 56.9 Å². The molecule has 0 spiro atoms. The van der Waals surface area contributed by atoms with E-state index in [0.29, 0.717) is 5.54 Å². The summed E-state index contributed by atoms with van der Waals surface area (Å²) in [5.41, 5.74) is 1.97. The van der Waals surface area contributed by atoms with E-state index in [-0.39, 0.29) is 0 Å². The molecule has 98 valence electrons. The van der Waals surface area contributed by atoms with Gasteiger partial charge in [-0.3, -0.25) is 4.90 Å². The molecule has 1 saturated heterocycles. The molecule has 0 amide bonds. The van der Waals surface area contributed by atoms with Gasteiger partial charge in [-0.15, -0.1) is 0 Å². The zero-order valence-corrected chi connectivity index (χ0v) is 11.6. The minimum Gasteiger partial charge on any atom is -0.297 e. The largest absolute Gasteiger partial charge is 0.297 e. The first-order valence-electron chi connectivity index (χ1n) is 7.61. The molecule has 18 heavy (non-hydrogen) atoms. The summed E-state index contributed by atoms with van der Waals surface area (Å²) in [6.07, 6.45) is 8.37. The third-order valence-corrected chi connectivity index (χ3v) is 5.21. The normalized spacial score (nSPS) is 33.7. The minimum atomic E-state index is 0.413. The van der Waals surface area contributed by atoms with Crippen LogP contribution in [0.15, 0.2) is 30.3 Å². The highest BCUT2D eigenvalue weighted by Gasteiger charge is 2.42. The second kappa shape index (κ2) is 5.05. The fourth-order valence-electron chi connectivity index (χ4n) is 4.13. The van der Waals surface area contributed by atoms with Crippen LogP contribution in [0.1, 0.15) is 56.9 Å². The van der Waals surface area contributed by atoms with Crippen LogP contribution in [0, 0.1) is 0 Å². The van der Waals surface area contributed by atoms with E-state index in [0.717, 1.165) is 5.92 Å². The smallest absolute Gasteiger partial charge is 0.0249 e. The Kier molecular flexibility index (Phi) is 3.43. The highest BCUT2D eigenvalue weighted by Crippen LogP contribution is 2.45. The van der Waals surface area contributed by atoms with Gasteiger partial charge in [-0.25, -0.2) is 0 Å². The molecule has 2 atom stereocenters. The molecule has 3 rings (SSSR count). The molecule has 1 aromatic carbocycles. The Morgan fingerprint density at radius 2 is 1.72 bits per heavy atom. The lowest BCUT2D eigenvalue weighted by atomic mass is 9.70. The molecule has 2 fully saturated rings. The topological polar surface area (TPSA) is 3.24 Å². The van der Waals surface area contributed by atoms with Gasteiger partial charge in [0.1, 0.15) is 0 Å². The number of hydrogen-bond acceptors (Lipinski definition) is 1. The zero-order valence-electron chi connectivity index (χ0n) is 11.6. The molecule has 0 radical (unpaired) electrons. The molecule has 0 aromatic heterocycles. The van der Waals surface area contributed by atoms with Crippen LogP contribution < -0.4 is 0 Å². The molecule has 1 heterocycles. The Morgan fingerprint density at radius 1 is 1.00 bits per heavy atom. The lowest BCUT2D eigenvalue weighted by Crippen LogP contribution is -2.50. The average molecular weight is 243 g/mol. The fraction of sp³-hybridized carbons (Fsp3) is 0.647. The summed E-state index contributed by atoms with van der Waals surface area (Å²) < 4.78 is 0. The van der Waals surface area contributed by atoms with Crippen molar-refractivity contribution in [3.63, 3.8) is 0 Å². The Labute approximate surface area is 111 Å². The van der Waals surface area contributed by atoms with E-state index in [1.165, 1.54) is 51.6 Å². The predicted octanol–water partition coefficient (Wildman–Crippen LogP) is 4.20. The Hall–Kier alpha value is -0.820. The number of nitrogens with zero attached hydrogens (tertiary/aromatic N) is 1. The van der Waals surface area contributed by atoms with Crippen molar-refractivity contribution in [1.82, 2.24) is 4.90 Å². The van der Waals surface area contributed by atoms with Crippen LogP contribution in [0.25, 0.3) is 0 Å². The van der Waals surface area contributed by atoms with Crippen LogP contribution in [0.4, 0.5) is 0 Å². The van der Waals surface area contributed by atoms with Gasteiger partial charge < -0.3 is 0 Å². The first-order valence-corrected chi connectivity index (χ1v) is 7.61. The molecule has 1 aliphatic heterocycles. The van der Waals surface area contributed by atoms with Crippen molar-refractivity contribution in [3.05, 3.63) is 35.9 Å². The monoisotopic (exact) mass is 243 g/mol. The molecule has 1 aliphatic carbocycles. The molecule has 0 bridgehead atoms. The minimum absolute atomic E-state index is 0.413. The molecular weight excluding hydrogens is 218 g/mol. The molecule has 0 N–H and O–H groups in total. The second-order valence-electron chi connectivity index (χ2n) is 6.26. The summed E-state index contributed by atoms with van der Waals surface area (Å²) in [6, 6.07) is 11.2. The van der Waals surface area contributed by atoms with Crippen molar-refractivity contribution in [3.8, 4) is 0 Å². The van der Waals surface area contributed by atoms with Crippen LogP contribution in [-0.4, -0.2) is 23.5 Å². The maximum absolute atomic E-state index is 2.78. The van der Waals surface area contributed by atoms with Crippen LogP contribution in [0.2, 0.25) is 0 Å². The summed E-state index contributed by atoms with van der Waals surface area (Å²) in [7, 11) is 0. The van der Waals surface area contributed by atoms with E-state index < -0.39 is 0 Å². The summed E-state index contributed by atoms with van der Waals surface area (Å²) >= 11 is 0. The van der Waals surface area contributed by atoms with Gasteiger partial charge >= 0.3 is 0 Å². The zero-order chi connectivity index (χ0) is 12.4. The highest BCUT2D eigenvalue weighted by atomic mass is 15.2. The van der Waals surface area contributed by atoms with E-state index in [1.807, 2.05) is 0 Å². The predicted molar refractivity (Wildman–Crippen MR) is 76.9 cm³/mol. The van der Waals surface area contributed by atoms with Gasteiger partial charge in [0.25, 0.3) is 0 Å². The van der Waals surface area contributed by atoms with E-state index in [9.17, 15) is 0 Å². The van der Waals surface area contributed by atoms with Crippen LogP contribution in [-0.2, 0) is 0 Å². The molecule has 1 saturated carbocycles. The van der Waals surface area contributed by atoms with Crippen LogP contribution >= 0.6 is 0 Å². The van der Waals surface area contributed by atoms with Crippen molar-refractivity contribution in [2.75, 3.05) is 13.1 Å². The molecule has 1 heteroatoms. The molecule has 1 aromatic rings. The molecule has 0 unspecified atom stereocenters. The molecule has 2 aliphatic rings. The summed E-state index contributed by atoms with van der Waals surface area (Å²) in [5.74, 6) is 0.741. The van der Waals surface area contributed by atoms with Gasteiger partial charge in [0.15, 0.2) is 0 Å². The van der Waals surface area contributed by atoms with E-state index in [1.54, 1.807) is 5.56 Å². The van der Waals surface area contributed by atoms with Gasteiger partial charge in [0.2, 0.25) is 0 Å². The maximum Gasteiger partial charge on any atom is 0.0249 e. The Morgan fingerprint density at radius 3 is 2.44 bits per heavy atom. The van der Waals surface area contributed by atoms with Crippen LogP contribution in [0.5, 0.6) is 0 Å². The Bertz CT molecular complexity index is 380. The van der Waals surface area contributed by atoms with Gasteiger partial charge in [-0.05, 0) is 51.3 Å². The van der Waals surface area contributed by atoms with Crippen molar-refractivity contribution < 1.29 is 0 Å². The first kappa shape index (κ1) is 12.2. The van der Waals surface area contributed by atoms with Crippen molar-refractivity contribution in [1.29, 1.82) is 0 Å². The molecule has 1 nitrogen and oxygen atoms in total. The fourth-order valence-corrected chi connectivity index (χ4v) is 4.13. The molecular formula is C17H25N. The van der Waals surface area contributed by atoms with E-state index in [2.05, 4.69) is 42.2 Å². The van der Waals surface area contributed by atoms with Gasteiger partial charge in [-0.2, -0.15) is 0 Å². The second-order valence-corrected chi connectivity index (χ2v) is 6.26. The average Bonchev–Trinajstić information content (AvgIpc) is 2.95. The first-order chi connectivity index (χ1) is 8.81. The number of benzene rings is 1. The van der Waals surface area contributed by atoms with Crippen molar-refractivity contribution in [2.24, 2.45) is 0 Å². The van der Waals surface area contributed by atoms with Gasteiger partial charge in [0.05, 0.1) is 0 Å². The maximum atomic E-state index is 2.78. The lowest BCUT2D eigenvalue weighted by molar-refractivity contribution is 0.0676. The number of hydrogen-bond donors (Lipinski definition) is 0. The van der Waals surface area contributed by atoms with Crippen molar-refractivity contribution >= 4 is 0 Å². The van der Waals surface area contributed by atoms with Gasteiger partial charge in [0, 0.05) is 11.5 Å². The quantitative estimate of drug-likeness (QED) is 0.752. The summed E-state index contributed by atoms with van der Waals surface area (Å²) in [4.78, 5) is 2.78. The summed E-state index contributed by atoms with van der Waals surface area (Å²) in [6.45, 7) is 5.16. The van der Waals surface area contributed by atoms with E-state index in [4.69, 9.17) is 0 Å². The third kappa shape index (κ3) is 2.09. The lowest BCUT2D eigenvalue weighted by Gasteiger charge is -2.48. The summed E-state index contributed by atoms with van der Waals surface area (Å²) in [5, 5.41) is 0. The third-order valence-electron chi connectivity index (χ3n) is 5.21. The van der Waals surface area contributed by atoms with Crippen LogP contribution in [0.3, 0.4) is 0 Å². The highest BCUT2D eigenvalue weighted by molar-refractivity contribution is 5.25. The SMILES string of the molecule is C[C@]1(N2CCCC2)CCCC[C@H]1c1ccccc1.